The molecule has 1 aliphatic heterocycles. The van der Waals surface area contributed by atoms with Crippen molar-refractivity contribution in [3.8, 4) is 17.1 Å². The average Bonchev–Trinajstić information content (AvgIpc) is 2.90. The monoisotopic (exact) mass is 457 g/mol. The third-order valence-electron chi connectivity index (χ3n) is 5.40. The second-order valence-electron chi connectivity index (χ2n) is 7.60. The van der Waals surface area contributed by atoms with Crippen LogP contribution in [0.4, 0.5) is 10.6 Å². The number of hydrogen-bond donors (Lipinski definition) is 1. The van der Waals surface area contributed by atoms with Gasteiger partial charge in [0.15, 0.2) is 5.82 Å². The molecule has 8 heteroatoms. The molecule has 1 aliphatic rings. The number of aromatic nitrogens is 3. The molecule has 0 spiro atoms. The van der Waals surface area contributed by atoms with Gasteiger partial charge >= 0.3 is 6.09 Å². The van der Waals surface area contributed by atoms with Crippen LogP contribution < -0.4 is 4.90 Å². The van der Waals surface area contributed by atoms with Crippen molar-refractivity contribution < 1.29 is 14.6 Å². The summed E-state index contributed by atoms with van der Waals surface area (Å²) in [5.41, 5.74) is 1.42. The first-order chi connectivity index (χ1) is 16.7. The summed E-state index contributed by atoms with van der Waals surface area (Å²) in [5.74, 6) is 1.45. The molecule has 8 nitrogen and oxygen atoms in total. The van der Waals surface area contributed by atoms with Gasteiger partial charge in [0, 0.05) is 44.0 Å². The lowest BCUT2D eigenvalue weighted by Crippen LogP contribution is -2.49. The zero-order valence-electron chi connectivity index (χ0n) is 19.0. The topological polar surface area (TPSA) is 91.7 Å². The Morgan fingerprint density at radius 3 is 2.26 bits per heavy atom. The van der Waals surface area contributed by atoms with E-state index >= 15 is 0 Å². The number of ether oxygens (including phenoxy) is 1. The molecule has 1 fully saturated rings. The van der Waals surface area contributed by atoms with Crippen LogP contribution in [0.2, 0.25) is 0 Å². The highest BCUT2D eigenvalue weighted by atomic mass is 16.6. The number of carbonyl (C=O) groups is 1. The summed E-state index contributed by atoms with van der Waals surface area (Å²) in [6, 6.07) is 20.6. The maximum Gasteiger partial charge on any atom is 0.409 e. The van der Waals surface area contributed by atoms with Gasteiger partial charge in [0.1, 0.15) is 11.6 Å². The van der Waals surface area contributed by atoms with Crippen LogP contribution in [-0.4, -0.2) is 63.8 Å². The van der Waals surface area contributed by atoms with Crippen LogP contribution in [0.15, 0.2) is 79.1 Å². The number of nitrogens with zero attached hydrogens (tertiary/aromatic N) is 5. The lowest BCUT2D eigenvalue weighted by molar-refractivity contribution is 0.105. The molecule has 1 amide bonds. The van der Waals surface area contributed by atoms with Crippen molar-refractivity contribution in [2.24, 2.45) is 0 Å². The van der Waals surface area contributed by atoms with E-state index in [0.717, 1.165) is 16.7 Å². The summed E-state index contributed by atoms with van der Waals surface area (Å²) in [7, 11) is 0. The van der Waals surface area contributed by atoms with Crippen LogP contribution in [0.3, 0.4) is 0 Å². The van der Waals surface area contributed by atoms with E-state index in [9.17, 15) is 9.90 Å². The summed E-state index contributed by atoms with van der Waals surface area (Å²) in [6.45, 7) is 4.63. The SMILES string of the molecule is CCOC(=O)N1CCN(c2nc(-c3ccccc3O)nc3ccccc23)CC1.c1ccncc1. The molecule has 174 valence electrons. The molecule has 5 rings (SSSR count). The highest BCUT2D eigenvalue weighted by Gasteiger charge is 2.24. The first-order valence-corrected chi connectivity index (χ1v) is 11.2. The lowest BCUT2D eigenvalue weighted by atomic mass is 10.1. The van der Waals surface area contributed by atoms with Gasteiger partial charge in [-0.1, -0.05) is 30.3 Å². The maximum absolute atomic E-state index is 12.0. The van der Waals surface area contributed by atoms with Crippen molar-refractivity contribution in [3.05, 3.63) is 79.1 Å². The van der Waals surface area contributed by atoms with Gasteiger partial charge in [-0.15, -0.1) is 0 Å². The molecule has 0 atom stereocenters. The molecule has 1 N–H and O–H groups in total. The van der Waals surface area contributed by atoms with Crippen molar-refractivity contribution in [3.63, 3.8) is 0 Å². The number of pyridine rings is 1. The van der Waals surface area contributed by atoms with Crippen LogP contribution in [0.1, 0.15) is 6.92 Å². The van der Waals surface area contributed by atoms with E-state index < -0.39 is 0 Å². The summed E-state index contributed by atoms with van der Waals surface area (Å²) < 4.78 is 5.10. The van der Waals surface area contributed by atoms with Crippen molar-refractivity contribution in [1.82, 2.24) is 19.9 Å². The van der Waals surface area contributed by atoms with Crippen LogP contribution in [0.5, 0.6) is 5.75 Å². The summed E-state index contributed by atoms with van der Waals surface area (Å²) in [4.78, 5) is 29.0. The molecule has 0 saturated carbocycles. The minimum atomic E-state index is -0.274. The highest BCUT2D eigenvalue weighted by molar-refractivity contribution is 5.91. The highest BCUT2D eigenvalue weighted by Crippen LogP contribution is 2.31. The molecule has 34 heavy (non-hydrogen) atoms. The minimum absolute atomic E-state index is 0.149. The predicted molar refractivity (Wildman–Crippen MR) is 132 cm³/mol. The number of aromatic hydroxyl groups is 1. The minimum Gasteiger partial charge on any atom is -0.507 e. The van der Waals surface area contributed by atoms with E-state index in [2.05, 4.69) is 14.9 Å². The molecule has 2 aromatic carbocycles. The van der Waals surface area contributed by atoms with E-state index in [-0.39, 0.29) is 11.8 Å². The molecule has 0 unspecified atom stereocenters. The van der Waals surface area contributed by atoms with Crippen molar-refractivity contribution in [2.45, 2.75) is 6.92 Å². The standard InChI is InChI=1S/C21H22N4O3.C5H5N/c1-2-28-21(27)25-13-11-24(12-14-25)20-15-7-3-5-9-17(15)22-19(23-20)16-8-4-6-10-18(16)26;1-2-4-6-5-3-1/h3-10,26H,2,11-14H2,1H3;1-5H. The summed E-state index contributed by atoms with van der Waals surface area (Å²) in [5, 5.41) is 11.2. The number of hydrogen-bond acceptors (Lipinski definition) is 7. The zero-order valence-corrected chi connectivity index (χ0v) is 19.0. The number of phenols is 1. The fraction of sp³-hybridized carbons (Fsp3) is 0.231. The predicted octanol–water partition coefficient (Wildman–Crippen LogP) is 4.36. The quantitative estimate of drug-likeness (QED) is 0.489. The molecule has 2 aromatic heterocycles. The first-order valence-electron chi connectivity index (χ1n) is 11.2. The third-order valence-corrected chi connectivity index (χ3v) is 5.40. The van der Waals surface area contributed by atoms with Gasteiger partial charge in [0.25, 0.3) is 0 Å². The molecule has 1 saturated heterocycles. The van der Waals surface area contributed by atoms with Gasteiger partial charge in [-0.2, -0.15) is 0 Å². The first kappa shape index (κ1) is 23.0. The maximum atomic E-state index is 12.0. The fourth-order valence-electron chi connectivity index (χ4n) is 3.71. The second-order valence-corrected chi connectivity index (χ2v) is 7.60. The molecular formula is C26H27N5O3. The largest absolute Gasteiger partial charge is 0.507 e. The molecule has 0 bridgehead atoms. The summed E-state index contributed by atoms with van der Waals surface area (Å²) >= 11 is 0. The van der Waals surface area contributed by atoms with Crippen LogP contribution in [-0.2, 0) is 4.74 Å². The Morgan fingerprint density at radius 2 is 1.62 bits per heavy atom. The second kappa shape index (κ2) is 11.1. The number of phenolic OH excluding ortho intramolecular Hbond substituents is 1. The van der Waals surface area contributed by atoms with Crippen LogP contribution >= 0.6 is 0 Å². The number of benzene rings is 2. The van der Waals surface area contributed by atoms with Gasteiger partial charge in [0.05, 0.1) is 17.7 Å². The van der Waals surface area contributed by atoms with E-state index in [1.165, 1.54) is 0 Å². The van der Waals surface area contributed by atoms with Crippen LogP contribution in [0, 0.1) is 0 Å². The van der Waals surface area contributed by atoms with E-state index in [1.807, 2.05) is 61.5 Å². The number of carbonyl (C=O) groups excluding carboxylic acids is 1. The van der Waals surface area contributed by atoms with E-state index in [4.69, 9.17) is 9.72 Å². The number of anilines is 1. The number of fused-ring (bicyclic) bond motifs is 1. The fourth-order valence-corrected chi connectivity index (χ4v) is 3.71. The van der Waals surface area contributed by atoms with Gasteiger partial charge in [0.2, 0.25) is 0 Å². The van der Waals surface area contributed by atoms with Gasteiger partial charge in [-0.3, -0.25) is 4.98 Å². The Labute approximate surface area is 198 Å². The van der Waals surface area contributed by atoms with Crippen molar-refractivity contribution >= 4 is 22.8 Å². The van der Waals surface area contributed by atoms with Crippen molar-refractivity contribution in [2.75, 3.05) is 37.7 Å². The van der Waals surface area contributed by atoms with Gasteiger partial charge in [-0.05, 0) is 43.3 Å². The third kappa shape index (κ3) is 5.40. The number of amides is 1. The Balaban J connectivity index is 0.000000398. The average molecular weight is 458 g/mol. The van der Waals surface area contributed by atoms with Crippen LogP contribution in [0.25, 0.3) is 22.3 Å². The molecule has 3 heterocycles. The van der Waals surface area contributed by atoms with Gasteiger partial charge in [-0.25, -0.2) is 14.8 Å². The van der Waals surface area contributed by atoms with Crippen molar-refractivity contribution in [1.29, 1.82) is 0 Å². The number of piperazine rings is 1. The Kier molecular flexibility index (Phi) is 7.49. The number of para-hydroxylation sites is 2. The normalized spacial score (nSPS) is 13.2. The lowest BCUT2D eigenvalue weighted by Gasteiger charge is -2.35. The molecular weight excluding hydrogens is 430 g/mol. The molecule has 0 aliphatic carbocycles. The van der Waals surface area contributed by atoms with E-state index in [0.29, 0.717) is 44.2 Å². The van der Waals surface area contributed by atoms with E-state index in [1.54, 1.807) is 29.4 Å². The smallest absolute Gasteiger partial charge is 0.409 e. The Morgan fingerprint density at radius 1 is 0.912 bits per heavy atom. The Hall–Kier alpha value is -4.20. The summed E-state index contributed by atoms with van der Waals surface area (Å²) in [6.07, 6.45) is 3.23. The Bertz CT molecular complexity index is 1200. The zero-order chi connectivity index (χ0) is 23.8. The van der Waals surface area contributed by atoms with Gasteiger partial charge < -0.3 is 19.6 Å². The number of rotatable bonds is 3. The molecule has 4 aromatic rings. The molecule has 0 radical (unpaired) electrons.